The summed E-state index contributed by atoms with van der Waals surface area (Å²) in [4.78, 5) is 12.9. The van der Waals surface area contributed by atoms with E-state index in [9.17, 15) is 4.79 Å². The van der Waals surface area contributed by atoms with Crippen molar-refractivity contribution in [1.29, 1.82) is 0 Å². The molecule has 0 aromatic heterocycles. The van der Waals surface area contributed by atoms with Crippen molar-refractivity contribution in [3.8, 4) is 0 Å². The molecule has 0 saturated carbocycles. The van der Waals surface area contributed by atoms with E-state index < -0.39 is 0 Å². The molecular formula is C15H12O2S4. The Morgan fingerprint density at radius 3 is 2.43 bits per heavy atom. The Morgan fingerprint density at radius 2 is 1.76 bits per heavy atom. The van der Waals surface area contributed by atoms with Gasteiger partial charge in [-0.05, 0) is 40.8 Å². The molecule has 2 aliphatic rings. The van der Waals surface area contributed by atoms with E-state index in [1.165, 1.54) is 13.4 Å². The summed E-state index contributed by atoms with van der Waals surface area (Å²) in [5.74, 6) is -0.265. The minimum Gasteiger partial charge on any atom is -0.462 e. The van der Waals surface area contributed by atoms with Gasteiger partial charge in [-0.1, -0.05) is 59.2 Å². The summed E-state index contributed by atoms with van der Waals surface area (Å²) in [5, 5.41) is 6.40. The summed E-state index contributed by atoms with van der Waals surface area (Å²) in [5.41, 5.74) is 1.73. The van der Waals surface area contributed by atoms with Crippen molar-refractivity contribution in [3.05, 3.63) is 60.1 Å². The first-order valence-electron chi connectivity index (χ1n) is 6.33. The van der Waals surface area contributed by atoms with Crippen LogP contribution in [0.1, 0.15) is 22.8 Å². The zero-order valence-corrected chi connectivity index (χ0v) is 14.5. The summed E-state index contributed by atoms with van der Waals surface area (Å²) < 4.78 is 7.67. The number of benzene rings is 1. The van der Waals surface area contributed by atoms with E-state index in [1.54, 1.807) is 47.0 Å². The predicted octanol–water partition coefficient (Wildman–Crippen LogP) is 5.72. The molecule has 0 saturated heterocycles. The monoisotopic (exact) mass is 352 g/mol. The van der Waals surface area contributed by atoms with E-state index >= 15 is 0 Å². The van der Waals surface area contributed by atoms with Crippen molar-refractivity contribution >= 4 is 57.9 Å². The molecule has 0 radical (unpaired) electrons. The van der Waals surface area contributed by atoms with Crippen molar-refractivity contribution in [2.24, 2.45) is 0 Å². The third kappa shape index (κ3) is 3.56. The maximum absolute atomic E-state index is 11.6. The summed E-state index contributed by atoms with van der Waals surface area (Å²) in [6.45, 7) is 2.21. The lowest BCUT2D eigenvalue weighted by Crippen LogP contribution is -2.04. The van der Waals surface area contributed by atoms with Gasteiger partial charge < -0.3 is 4.74 Å². The number of esters is 1. The SMILES string of the molecule is CCOC(=O)c1ccc(C2=CSC(=C3SC=CS3)S2)cc1. The Kier molecular flexibility index (Phi) is 5.11. The third-order valence-electron chi connectivity index (χ3n) is 2.73. The van der Waals surface area contributed by atoms with E-state index in [0.29, 0.717) is 12.2 Å². The second-order valence-electron chi connectivity index (χ2n) is 4.08. The highest BCUT2D eigenvalue weighted by atomic mass is 32.2. The van der Waals surface area contributed by atoms with Gasteiger partial charge in [0.15, 0.2) is 0 Å². The van der Waals surface area contributed by atoms with E-state index in [2.05, 4.69) is 16.2 Å². The third-order valence-corrected chi connectivity index (χ3v) is 7.80. The summed E-state index contributed by atoms with van der Waals surface area (Å²) in [6, 6.07) is 7.61. The number of hydrogen-bond donors (Lipinski definition) is 0. The average Bonchev–Trinajstić information content (AvgIpc) is 3.19. The number of thioether (sulfide) groups is 4. The zero-order chi connectivity index (χ0) is 14.7. The Labute approximate surface area is 140 Å². The van der Waals surface area contributed by atoms with E-state index in [0.717, 1.165) is 5.56 Å². The highest BCUT2D eigenvalue weighted by Crippen LogP contribution is 2.55. The van der Waals surface area contributed by atoms with Crippen molar-refractivity contribution in [2.75, 3.05) is 6.61 Å². The van der Waals surface area contributed by atoms with Crippen LogP contribution in [0.25, 0.3) is 4.91 Å². The smallest absolute Gasteiger partial charge is 0.338 e. The molecule has 2 nitrogen and oxygen atoms in total. The quantitative estimate of drug-likeness (QED) is 0.646. The molecule has 108 valence electrons. The number of carbonyl (C=O) groups is 1. The molecule has 3 rings (SSSR count). The second-order valence-corrected chi connectivity index (χ2v) is 8.36. The van der Waals surface area contributed by atoms with Gasteiger partial charge in [-0.25, -0.2) is 4.79 Å². The first-order valence-corrected chi connectivity index (χ1v) is 9.78. The number of ether oxygens (including phenoxy) is 1. The summed E-state index contributed by atoms with van der Waals surface area (Å²) in [7, 11) is 0. The average molecular weight is 353 g/mol. The fourth-order valence-electron chi connectivity index (χ4n) is 1.76. The van der Waals surface area contributed by atoms with Crippen LogP contribution >= 0.6 is 47.0 Å². The van der Waals surface area contributed by atoms with Gasteiger partial charge in [0.2, 0.25) is 0 Å². The molecule has 1 aromatic carbocycles. The van der Waals surface area contributed by atoms with E-state index in [1.807, 2.05) is 31.2 Å². The zero-order valence-electron chi connectivity index (χ0n) is 11.2. The maximum atomic E-state index is 11.6. The van der Waals surface area contributed by atoms with Gasteiger partial charge >= 0.3 is 5.97 Å². The first-order chi connectivity index (χ1) is 10.3. The van der Waals surface area contributed by atoms with Crippen LogP contribution in [0.5, 0.6) is 0 Å². The molecule has 0 spiro atoms. The lowest BCUT2D eigenvalue weighted by Gasteiger charge is -2.05. The highest BCUT2D eigenvalue weighted by Gasteiger charge is 2.19. The molecule has 0 atom stereocenters. The summed E-state index contributed by atoms with van der Waals surface area (Å²) >= 11 is 7.11. The van der Waals surface area contributed by atoms with Crippen LogP contribution in [-0.4, -0.2) is 12.6 Å². The maximum Gasteiger partial charge on any atom is 0.338 e. The van der Waals surface area contributed by atoms with E-state index in [4.69, 9.17) is 4.74 Å². The molecule has 0 unspecified atom stereocenters. The van der Waals surface area contributed by atoms with Gasteiger partial charge in [0.05, 0.1) is 20.6 Å². The fourth-order valence-corrected chi connectivity index (χ4v) is 6.24. The van der Waals surface area contributed by atoms with Crippen molar-refractivity contribution in [1.82, 2.24) is 0 Å². The van der Waals surface area contributed by atoms with Crippen LogP contribution in [0.4, 0.5) is 0 Å². The predicted molar refractivity (Wildman–Crippen MR) is 96.9 cm³/mol. The van der Waals surface area contributed by atoms with Gasteiger partial charge in [-0.3, -0.25) is 0 Å². The Hall–Kier alpha value is -0.690. The van der Waals surface area contributed by atoms with Crippen LogP contribution in [0.15, 0.2) is 49.0 Å². The van der Waals surface area contributed by atoms with Crippen LogP contribution < -0.4 is 0 Å². The van der Waals surface area contributed by atoms with Crippen LogP contribution in [0.3, 0.4) is 0 Å². The van der Waals surface area contributed by atoms with Gasteiger partial charge in [-0.15, -0.1) is 0 Å². The minimum atomic E-state index is -0.265. The number of hydrogen-bond acceptors (Lipinski definition) is 6. The molecule has 1 aromatic rings. The molecule has 21 heavy (non-hydrogen) atoms. The topological polar surface area (TPSA) is 26.3 Å². The molecular weight excluding hydrogens is 340 g/mol. The molecule has 2 heterocycles. The van der Waals surface area contributed by atoms with Crippen molar-refractivity contribution in [2.45, 2.75) is 6.92 Å². The van der Waals surface area contributed by atoms with Gasteiger partial charge in [0.1, 0.15) is 0 Å². The second kappa shape index (κ2) is 7.05. The Balaban J connectivity index is 1.71. The van der Waals surface area contributed by atoms with Crippen molar-refractivity contribution < 1.29 is 9.53 Å². The van der Waals surface area contributed by atoms with Crippen LogP contribution in [0.2, 0.25) is 0 Å². The molecule has 0 bridgehead atoms. The normalized spacial score (nSPS) is 17.3. The molecule has 0 aliphatic carbocycles. The van der Waals surface area contributed by atoms with E-state index in [-0.39, 0.29) is 5.97 Å². The largest absolute Gasteiger partial charge is 0.462 e. The van der Waals surface area contributed by atoms with Gasteiger partial charge in [0, 0.05) is 4.91 Å². The van der Waals surface area contributed by atoms with Gasteiger partial charge in [0.25, 0.3) is 0 Å². The van der Waals surface area contributed by atoms with Crippen LogP contribution in [-0.2, 0) is 4.74 Å². The summed E-state index contributed by atoms with van der Waals surface area (Å²) in [6.07, 6.45) is 0. The highest BCUT2D eigenvalue weighted by molar-refractivity contribution is 8.35. The number of rotatable bonds is 3. The molecule has 2 aliphatic heterocycles. The Bertz CT molecular complexity index is 634. The van der Waals surface area contributed by atoms with Gasteiger partial charge in [-0.2, -0.15) is 0 Å². The molecule has 0 fully saturated rings. The minimum absolute atomic E-state index is 0.265. The lowest BCUT2D eigenvalue weighted by atomic mass is 10.1. The van der Waals surface area contributed by atoms with Crippen molar-refractivity contribution in [3.63, 3.8) is 0 Å². The molecule has 0 N–H and O–H groups in total. The first kappa shape index (κ1) is 15.2. The van der Waals surface area contributed by atoms with Crippen LogP contribution in [0, 0.1) is 0 Å². The standard InChI is InChI=1S/C15H12O2S4/c1-2-17-13(16)11-5-3-10(4-6-11)12-9-20-15(21-12)14-18-7-8-19-14/h3-9H,2H2,1H3. The number of carbonyl (C=O) groups excluding carboxylic acids is 1. The molecule has 0 amide bonds. The Morgan fingerprint density at radius 1 is 1.05 bits per heavy atom. The molecule has 6 heteroatoms. The lowest BCUT2D eigenvalue weighted by molar-refractivity contribution is 0.0526. The fraction of sp³-hybridized carbons (Fsp3) is 0.133.